The highest BCUT2D eigenvalue weighted by Gasteiger charge is 2.38. The minimum absolute atomic E-state index is 0.0301. The number of alkyl halides is 6. The van der Waals surface area contributed by atoms with Gasteiger partial charge in [0.1, 0.15) is 0 Å². The number of carboxylic acid groups (broad SMARTS) is 3. The van der Waals surface area contributed by atoms with Crippen molar-refractivity contribution in [1.82, 2.24) is 10.2 Å². The summed E-state index contributed by atoms with van der Waals surface area (Å²) >= 11 is 0. The van der Waals surface area contributed by atoms with Crippen molar-refractivity contribution in [3.05, 3.63) is 24.0 Å². The van der Waals surface area contributed by atoms with E-state index in [4.69, 9.17) is 24.9 Å². The molecule has 1 aromatic rings. The zero-order valence-electron chi connectivity index (χ0n) is 10.5. The third-order valence-corrected chi connectivity index (χ3v) is 1.28. The van der Waals surface area contributed by atoms with E-state index in [0.29, 0.717) is 0 Å². The predicted molar refractivity (Wildman–Crippen MR) is 56.4 cm³/mol. The highest BCUT2D eigenvalue weighted by Crippen LogP contribution is 2.13. The van der Waals surface area contributed by atoms with Gasteiger partial charge in [0.2, 0.25) is 0 Å². The van der Waals surface area contributed by atoms with Gasteiger partial charge in [-0.15, -0.1) is 5.10 Å². The summed E-state index contributed by atoms with van der Waals surface area (Å²) < 4.78 is 63.5. The third kappa shape index (κ3) is 12.5. The van der Waals surface area contributed by atoms with Gasteiger partial charge >= 0.3 is 30.3 Å². The normalized spacial score (nSPS) is 10.3. The smallest absolute Gasteiger partial charge is 0.476 e. The second kappa shape index (κ2) is 9.16. The minimum Gasteiger partial charge on any atom is -0.476 e. The maximum Gasteiger partial charge on any atom is 0.490 e. The van der Waals surface area contributed by atoms with Crippen molar-refractivity contribution >= 4 is 17.9 Å². The van der Waals surface area contributed by atoms with Crippen molar-refractivity contribution in [3.8, 4) is 0 Å². The largest absolute Gasteiger partial charge is 0.490 e. The van der Waals surface area contributed by atoms with Crippen molar-refractivity contribution in [1.29, 1.82) is 0 Å². The first-order valence-corrected chi connectivity index (χ1v) is 4.80. The lowest BCUT2D eigenvalue weighted by molar-refractivity contribution is -0.193. The molecule has 0 saturated heterocycles. The van der Waals surface area contributed by atoms with Crippen LogP contribution in [0, 0.1) is 0 Å². The summed E-state index contributed by atoms with van der Waals surface area (Å²) in [6.45, 7) is 0. The molecule has 0 bridgehead atoms. The van der Waals surface area contributed by atoms with Crippen LogP contribution in [0.1, 0.15) is 10.5 Å². The zero-order valence-corrected chi connectivity index (χ0v) is 10.5. The first-order valence-electron chi connectivity index (χ1n) is 4.80. The summed E-state index contributed by atoms with van der Waals surface area (Å²) in [7, 11) is 0. The Morgan fingerprint density at radius 3 is 1.35 bits per heavy atom. The van der Waals surface area contributed by atoms with Crippen molar-refractivity contribution in [3.63, 3.8) is 0 Å². The van der Waals surface area contributed by atoms with Crippen LogP contribution >= 0.6 is 0 Å². The Kier molecular flexibility index (Phi) is 8.90. The van der Waals surface area contributed by atoms with Crippen LogP contribution in [-0.2, 0) is 9.59 Å². The van der Waals surface area contributed by atoms with E-state index in [9.17, 15) is 31.1 Å². The topological polar surface area (TPSA) is 138 Å². The fourth-order valence-corrected chi connectivity index (χ4v) is 0.416. The minimum atomic E-state index is -5.08. The summed E-state index contributed by atoms with van der Waals surface area (Å²) in [4.78, 5) is 27.9. The number of carboxylic acids is 3. The van der Waals surface area contributed by atoms with Gasteiger partial charge in [0.25, 0.3) is 0 Å². The second-order valence-electron chi connectivity index (χ2n) is 3.02. The number of hydrogen-bond donors (Lipinski definition) is 3. The highest BCUT2D eigenvalue weighted by molar-refractivity contribution is 5.84. The molecular weight excluding hydrogens is 346 g/mol. The van der Waals surface area contributed by atoms with Crippen molar-refractivity contribution in [2.75, 3.05) is 0 Å². The molecule has 0 aromatic carbocycles. The Morgan fingerprint density at radius 2 is 1.22 bits per heavy atom. The highest BCUT2D eigenvalue weighted by atomic mass is 19.4. The van der Waals surface area contributed by atoms with E-state index in [-0.39, 0.29) is 5.69 Å². The fourth-order valence-electron chi connectivity index (χ4n) is 0.416. The lowest BCUT2D eigenvalue weighted by atomic mass is 10.4. The van der Waals surface area contributed by atoms with Crippen molar-refractivity contribution < 1.29 is 56.0 Å². The van der Waals surface area contributed by atoms with E-state index in [0.717, 1.165) is 0 Å². The second-order valence-corrected chi connectivity index (χ2v) is 3.02. The molecule has 130 valence electrons. The Bertz CT molecular complexity index is 506. The number of halogens is 6. The number of aromatic carboxylic acids is 1. The molecule has 0 amide bonds. The summed E-state index contributed by atoms with van der Waals surface area (Å²) in [5.74, 6) is -6.57. The average Bonchev–Trinajstić information content (AvgIpc) is 2.38. The van der Waals surface area contributed by atoms with Crippen LogP contribution in [-0.4, -0.2) is 55.8 Å². The predicted octanol–water partition coefficient (Wildman–Crippen LogP) is 1.44. The van der Waals surface area contributed by atoms with Gasteiger partial charge in [-0.1, -0.05) is 0 Å². The summed E-state index contributed by atoms with van der Waals surface area (Å²) in [5, 5.41) is 29.2. The molecule has 0 unspecified atom stereocenters. The number of aliphatic carboxylic acids is 2. The Balaban J connectivity index is 0. The van der Waals surface area contributed by atoms with E-state index >= 15 is 0 Å². The maximum atomic E-state index is 10.6. The van der Waals surface area contributed by atoms with Crippen LogP contribution in [0.25, 0.3) is 0 Å². The van der Waals surface area contributed by atoms with Gasteiger partial charge in [0, 0.05) is 6.20 Å². The van der Waals surface area contributed by atoms with Gasteiger partial charge in [0.05, 0.1) is 0 Å². The van der Waals surface area contributed by atoms with Gasteiger partial charge in [-0.3, -0.25) is 0 Å². The Hall–Kier alpha value is -2.93. The van der Waals surface area contributed by atoms with Crippen LogP contribution < -0.4 is 0 Å². The molecule has 0 radical (unpaired) electrons. The third-order valence-electron chi connectivity index (χ3n) is 1.28. The van der Waals surface area contributed by atoms with Crippen LogP contribution in [0.2, 0.25) is 0 Å². The maximum absolute atomic E-state index is 10.6. The van der Waals surface area contributed by atoms with Crippen LogP contribution in [0.15, 0.2) is 18.3 Å². The van der Waals surface area contributed by atoms with E-state index in [2.05, 4.69) is 10.2 Å². The molecule has 14 heteroatoms. The molecule has 0 atom stereocenters. The molecule has 23 heavy (non-hydrogen) atoms. The van der Waals surface area contributed by atoms with Crippen LogP contribution in [0.5, 0.6) is 0 Å². The Morgan fingerprint density at radius 1 is 0.870 bits per heavy atom. The zero-order chi connectivity index (χ0) is 18.8. The number of aromatic nitrogens is 2. The monoisotopic (exact) mass is 352 g/mol. The van der Waals surface area contributed by atoms with Crippen LogP contribution in [0.4, 0.5) is 26.3 Å². The molecule has 8 nitrogen and oxygen atoms in total. The molecule has 0 saturated carbocycles. The lowest BCUT2D eigenvalue weighted by Crippen LogP contribution is -2.21. The quantitative estimate of drug-likeness (QED) is 0.646. The number of hydrogen-bond acceptors (Lipinski definition) is 5. The molecule has 1 heterocycles. The van der Waals surface area contributed by atoms with Gasteiger partial charge in [-0.25, -0.2) is 14.4 Å². The Labute approximate surface area is 122 Å². The van der Waals surface area contributed by atoms with Crippen LogP contribution in [0.3, 0.4) is 0 Å². The molecular formula is C9H6F6N2O6. The first-order chi connectivity index (χ1) is 10.2. The van der Waals surface area contributed by atoms with E-state index < -0.39 is 30.3 Å². The number of carbonyl (C=O) groups is 3. The number of nitrogens with zero attached hydrogens (tertiary/aromatic N) is 2. The lowest BCUT2D eigenvalue weighted by Gasteiger charge is -1.93. The molecule has 3 N–H and O–H groups in total. The molecule has 1 rings (SSSR count). The van der Waals surface area contributed by atoms with Crippen molar-refractivity contribution in [2.24, 2.45) is 0 Å². The van der Waals surface area contributed by atoms with E-state index in [1.807, 2.05) is 0 Å². The number of rotatable bonds is 1. The average molecular weight is 352 g/mol. The molecule has 0 aliphatic carbocycles. The van der Waals surface area contributed by atoms with E-state index in [1.54, 1.807) is 0 Å². The molecule has 0 spiro atoms. The van der Waals surface area contributed by atoms with Gasteiger partial charge in [-0.2, -0.15) is 31.4 Å². The summed E-state index contributed by atoms with van der Waals surface area (Å²) in [5.41, 5.74) is -0.0301. The van der Waals surface area contributed by atoms with Crippen molar-refractivity contribution in [2.45, 2.75) is 12.4 Å². The molecule has 0 aliphatic rings. The van der Waals surface area contributed by atoms with E-state index in [1.165, 1.54) is 18.3 Å². The summed E-state index contributed by atoms with van der Waals surface area (Å²) in [6, 6.07) is 2.91. The standard InChI is InChI=1S/C5H4N2O2.2C2HF3O2/c8-5(9)4-2-1-3-6-7-4;2*3-2(4,5)1(6)7/h1-3H,(H,8,9);2*(H,6,7). The first kappa shape index (κ1) is 22.4. The van der Waals surface area contributed by atoms with Gasteiger partial charge < -0.3 is 15.3 Å². The van der Waals surface area contributed by atoms with Gasteiger partial charge in [-0.05, 0) is 12.1 Å². The SMILES string of the molecule is O=C(O)C(F)(F)F.O=C(O)C(F)(F)F.O=C(O)c1cccnn1. The summed E-state index contributed by atoms with van der Waals surface area (Å²) in [6.07, 6.45) is -8.74. The molecule has 1 aromatic heterocycles. The van der Waals surface area contributed by atoms with Gasteiger partial charge in [0.15, 0.2) is 5.69 Å². The molecule has 0 fully saturated rings. The fraction of sp³-hybridized carbons (Fsp3) is 0.222. The molecule has 0 aliphatic heterocycles.